The van der Waals surface area contributed by atoms with Gasteiger partial charge in [-0.05, 0) is 19.3 Å². The molecule has 2 fully saturated rings. The van der Waals surface area contributed by atoms with Crippen molar-refractivity contribution in [3.05, 3.63) is 22.3 Å². The summed E-state index contributed by atoms with van der Waals surface area (Å²) >= 11 is 11.6. The van der Waals surface area contributed by atoms with Crippen molar-refractivity contribution in [2.45, 2.75) is 31.5 Å². The van der Waals surface area contributed by atoms with Gasteiger partial charge >= 0.3 is 0 Å². The highest BCUT2D eigenvalue weighted by atomic mass is 35.5. The Morgan fingerprint density at radius 3 is 2.83 bits per heavy atom. The van der Waals surface area contributed by atoms with E-state index in [0.717, 1.165) is 19.3 Å². The second-order valence-electron chi connectivity index (χ2n) is 4.69. The van der Waals surface area contributed by atoms with Crippen LogP contribution in [0.2, 0.25) is 10.0 Å². The highest BCUT2D eigenvalue weighted by Crippen LogP contribution is 2.39. The fraction of sp³-hybridized carbons (Fsp3) is 0.500. The molecular formula is C12H12Cl2N2O2. The van der Waals surface area contributed by atoms with Gasteiger partial charge in [0, 0.05) is 12.3 Å². The lowest BCUT2D eigenvalue weighted by Crippen LogP contribution is -2.30. The molecule has 0 aliphatic carbocycles. The van der Waals surface area contributed by atoms with Crippen molar-refractivity contribution in [1.82, 2.24) is 4.98 Å². The van der Waals surface area contributed by atoms with E-state index in [1.807, 2.05) is 0 Å². The van der Waals surface area contributed by atoms with Crippen LogP contribution < -0.4 is 5.32 Å². The molecule has 2 aliphatic rings. The van der Waals surface area contributed by atoms with Crippen LogP contribution in [0.4, 0.5) is 5.82 Å². The monoisotopic (exact) mass is 286 g/mol. The van der Waals surface area contributed by atoms with E-state index in [-0.39, 0.29) is 24.0 Å². The molecule has 6 heteroatoms. The second kappa shape index (κ2) is 4.68. The minimum absolute atomic E-state index is 0.0481. The van der Waals surface area contributed by atoms with E-state index in [0.29, 0.717) is 15.9 Å². The number of hydrogen-bond acceptors (Lipinski definition) is 3. The number of pyridine rings is 1. The number of aromatic nitrogens is 1. The standard InChI is InChI=1S/C12H12Cl2N2O2/c13-8-4-11(15-5-9(8)14)16-12(17)7-3-6-1-2-10(7)18-6/h4-7,10H,1-3H2,(H,15,16,17). The van der Waals surface area contributed by atoms with Crippen LogP contribution >= 0.6 is 23.2 Å². The SMILES string of the molecule is O=C(Nc1cc(Cl)c(Cl)cn1)C1CC2CCC1O2. The first-order valence-corrected chi connectivity index (χ1v) is 6.66. The first-order valence-electron chi connectivity index (χ1n) is 5.91. The largest absolute Gasteiger partial charge is 0.374 e. The van der Waals surface area contributed by atoms with Crippen LogP contribution in [0.5, 0.6) is 0 Å². The number of anilines is 1. The zero-order chi connectivity index (χ0) is 12.7. The first kappa shape index (κ1) is 12.2. The number of nitrogens with one attached hydrogen (secondary N) is 1. The third-order valence-electron chi connectivity index (χ3n) is 3.50. The molecule has 1 amide bonds. The van der Waals surface area contributed by atoms with E-state index in [1.165, 1.54) is 6.20 Å². The van der Waals surface area contributed by atoms with Gasteiger partial charge in [-0.25, -0.2) is 4.98 Å². The minimum Gasteiger partial charge on any atom is -0.374 e. The summed E-state index contributed by atoms with van der Waals surface area (Å²) in [6.07, 6.45) is 4.59. The molecule has 3 unspecified atom stereocenters. The van der Waals surface area contributed by atoms with Crippen LogP contribution in [0, 0.1) is 5.92 Å². The van der Waals surface area contributed by atoms with Gasteiger partial charge in [0.15, 0.2) is 0 Å². The predicted molar refractivity (Wildman–Crippen MR) is 68.9 cm³/mol. The van der Waals surface area contributed by atoms with Crippen LogP contribution in [-0.2, 0) is 9.53 Å². The third-order valence-corrected chi connectivity index (χ3v) is 4.21. The van der Waals surface area contributed by atoms with Crippen LogP contribution in [0.25, 0.3) is 0 Å². The van der Waals surface area contributed by atoms with E-state index in [2.05, 4.69) is 10.3 Å². The Morgan fingerprint density at radius 1 is 1.39 bits per heavy atom. The first-order chi connectivity index (χ1) is 8.63. The minimum atomic E-state index is -0.0694. The molecule has 2 saturated heterocycles. The lowest BCUT2D eigenvalue weighted by Gasteiger charge is -2.17. The van der Waals surface area contributed by atoms with Crippen LogP contribution in [-0.4, -0.2) is 23.1 Å². The van der Waals surface area contributed by atoms with Crippen molar-refractivity contribution >= 4 is 34.9 Å². The molecule has 3 atom stereocenters. The van der Waals surface area contributed by atoms with Crippen LogP contribution in [0.15, 0.2) is 12.3 Å². The maximum absolute atomic E-state index is 12.1. The molecule has 0 radical (unpaired) electrons. The molecular weight excluding hydrogens is 275 g/mol. The van der Waals surface area contributed by atoms with Gasteiger partial charge < -0.3 is 10.1 Å². The van der Waals surface area contributed by atoms with Gasteiger partial charge in [-0.15, -0.1) is 0 Å². The number of halogens is 2. The van der Waals surface area contributed by atoms with Crippen molar-refractivity contribution in [3.8, 4) is 0 Å². The fourth-order valence-electron chi connectivity index (χ4n) is 2.62. The zero-order valence-corrected chi connectivity index (χ0v) is 11.0. The lowest BCUT2D eigenvalue weighted by atomic mass is 9.88. The summed E-state index contributed by atoms with van der Waals surface area (Å²) in [6.45, 7) is 0. The normalized spacial score (nSPS) is 29.6. The molecule has 1 N–H and O–H groups in total. The highest BCUT2D eigenvalue weighted by Gasteiger charge is 2.44. The molecule has 96 valence electrons. The molecule has 1 aromatic heterocycles. The van der Waals surface area contributed by atoms with Gasteiger partial charge in [0.05, 0.1) is 28.2 Å². The number of ether oxygens (including phenoxy) is 1. The molecule has 1 aromatic rings. The van der Waals surface area contributed by atoms with Crippen molar-refractivity contribution in [2.75, 3.05) is 5.32 Å². The number of carbonyl (C=O) groups excluding carboxylic acids is 1. The van der Waals surface area contributed by atoms with Gasteiger partial charge in [0.1, 0.15) is 5.82 Å². The Kier molecular flexibility index (Phi) is 3.18. The van der Waals surface area contributed by atoms with Crippen molar-refractivity contribution in [3.63, 3.8) is 0 Å². The average molecular weight is 287 g/mol. The Morgan fingerprint density at radius 2 is 2.22 bits per heavy atom. The van der Waals surface area contributed by atoms with E-state index >= 15 is 0 Å². The van der Waals surface area contributed by atoms with Gasteiger partial charge in [-0.3, -0.25) is 4.79 Å². The van der Waals surface area contributed by atoms with E-state index in [1.54, 1.807) is 6.07 Å². The maximum Gasteiger partial charge on any atom is 0.231 e. The third kappa shape index (κ3) is 2.20. The lowest BCUT2D eigenvalue weighted by molar-refractivity contribution is -0.121. The average Bonchev–Trinajstić information content (AvgIpc) is 2.96. The van der Waals surface area contributed by atoms with Crippen LogP contribution in [0.3, 0.4) is 0 Å². The molecule has 4 nitrogen and oxygen atoms in total. The number of rotatable bonds is 2. The molecule has 2 aliphatic heterocycles. The quantitative estimate of drug-likeness (QED) is 0.910. The number of nitrogens with zero attached hydrogens (tertiary/aromatic N) is 1. The summed E-state index contributed by atoms with van der Waals surface area (Å²) in [5.41, 5.74) is 0. The Labute approximate surface area is 115 Å². The Bertz CT molecular complexity index is 495. The smallest absolute Gasteiger partial charge is 0.231 e. The Hall–Kier alpha value is -0.840. The van der Waals surface area contributed by atoms with Gasteiger partial charge in [0.2, 0.25) is 5.91 Å². The van der Waals surface area contributed by atoms with Gasteiger partial charge in [0.25, 0.3) is 0 Å². The second-order valence-corrected chi connectivity index (χ2v) is 5.50. The number of amides is 1. The summed E-state index contributed by atoms with van der Waals surface area (Å²) in [4.78, 5) is 16.1. The molecule has 2 bridgehead atoms. The van der Waals surface area contributed by atoms with Gasteiger partial charge in [-0.2, -0.15) is 0 Å². The summed E-state index contributed by atoms with van der Waals surface area (Å²) in [5.74, 6) is 0.310. The molecule has 3 heterocycles. The number of hydrogen-bond donors (Lipinski definition) is 1. The molecule has 18 heavy (non-hydrogen) atoms. The fourth-order valence-corrected chi connectivity index (χ4v) is 2.87. The van der Waals surface area contributed by atoms with Crippen molar-refractivity contribution in [1.29, 1.82) is 0 Å². The molecule has 3 rings (SSSR count). The Balaban J connectivity index is 1.69. The van der Waals surface area contributed by atoms with Crippen molar-refractivity contribution in [2.24, 2.45) is 5.92 Å². The summed E-state index contributed by atoms with van der Waals surface area (Å²) in [5, 5.41) is 3.52. The van der Waals surface area contributed by atoms with E-state index < -0.39 is 0 Å². The molecule has 0 saturated carbocycles. The number of fused-ring (bicyclic) bond motifs is 2. The van der Waals surface area contributed by atoms with E-state index in [9.17, 15) is 4.79 Å². The van der Waals surface area contributed by atoms with Gasteiger partial charge in [-0.1, -0.05) is 23.2 Å². The van der Waals surface area contributed by atoms with Crippen LogP contribution in [0.1, 0.15) is 19.3 Å². The zero-order valence-electron chi connectivity index (χ0n) is 9.53. The summed E-state index contributed by atoms with van der Waals surface area (Å²) < 4.78 is 5.66. The topological polar surface area (TPSA) is 51.2 Å². The molecule has 0 aromatic carbocycles. The van der Waals surface area contributed by atoms with Crippen molar-refractivity contribution < 1.29 is 9.53 Å². The maximum atomic E-state index is 12.1. The predicted octanol–water partition coefficient (Wildman–Crippen LogP) is 2.89. The molecule has 0 spiro atoms. The summed E-state index contributed by atoms with van der Waals surface area (Å²) in [7, 11) is 0. The number of carbonyl (C=O) groups is 1. The summed E-state index contributed by atoms with van der Waals surface area (Å²) in [6, 6.07) is 1.55. The highest BCUT2D eigenvalue weighted by molar-refractivity contribution is 6.42. The van der Waals surface area contributed by atoms with E-state index in [4.69, 9.17) is 27.9 Å².